The molecule has 0 bridgehead atoms. The van der Waals surface area contributed by atoms with E-state index in [0.29, 0.717) is 17.0 Å². The minimum Gasteiger partial charge on any atom is -0.495 e. The van der Waals surface area contributed by atoms with Crippen molar-refractivity contribution < 1.29 is 9.53 Å². The maximum atomic E-state index is 13.1. The fourth-order valence-electron chi connectivity index (χ4n) is 3.55. The second-order valence-electron chi connectivity index (χ2n) is 6.97. The van der Waals surface area contributed by atoms with Gasteiger partial charge in [0.05, 0.1) is 12.8 Å². The Morgan fingerprint density at radius 3 is 2.77 bits per heavy atom. The van der Waals surface area contributed by atoms with Crippen molar-refractivity contribution in [1.82, 2.24) is 19.8 Å². The van der Waals surface area contributed by atoms with Gasteiger partial charge in [-0.05, 0) is 35.0 Å². The maximum Gasteiger partial charge on any atom is 0.256 e. The zero-order chi connectivity index (χ0) is 21.4. The van der Waals surface area contributed by atoms with Gasteiger partial charge < -0.3 is 10.1 Å². The summed E-state index contributed by atoms with van der Waals surface area (Å²) in [6, 6.07) is 19.2. The average molecular weight is 430 g/mol. The van der Waals surface area contributed by atoms with Gasteiger partial charge in [-0.1, -0.05) is 54.7 Å². The first kappa shape index (κ1) is 19.2. The number of hydrogen-bond donors (Lipinski definition) is 1. The monoisotopic (exact) mass is 429 g/mol. The molecule has 2 heterocycles. The lowest BCUT2D eigenvalue weighted by atomic mass is 10.0. The second-order valence-corrected chi connectivity index (χ2v) is 7.92. The molecule has 0 radical (unpaired) electrons. The van der Waals surface area contributed by atoms with Crippen LogP contribution in [0, 0.1) is 0 Å². The van der Waals surface area contributed by atoms with Crippen LogP contribution in [0.15, 0.2) is 60.7 Å². The van der Waals surface area contributed by atoms with Gasteiger partial charge in [0.1, 0.15) is 10.8 Å². The van der Waals surface area contributed by atoms with E-state index in [1.54, 1.807) is 11.6 Å². The van der Waals surface area contributed by atoms with Gasteiger partial charge in [0.2, 0.25) is 4.96 Å². The van der Waals surface area contributed by atoms with Crippen molar-refractivity contribution in [2.75, 3.05) is 12.4 Å². The fourth-order valence-corrected chi connectivity index (χ4v) is 4.40. The molecule has 0 aliphatic heterocycles. The standard InChI is InChI=1S/C23H19N5O2S/c1-3-20-25-26-23-28(20)27-22(31-23)15-11-12-19(30-2)18(13-15)24-21(29)17-10-6-8-14-7-4-5-9-16(14)17/h4-13H,3H2,1-2H3,(H,24,29). The van der Waals surface area contributed by atoms with Crippen LogP contribution in [-0.4, -0.2) is 32.8 Å². The van der Waals surface area contributed by atoms with Gasteiger partial charge in [0, 0.05) is 17.5 Å². The van der Waals surface area contributed by atoms with Gasteiger partial charge in [-0.25, -0.2) is 0 Å². The number of carbonyl (C=O) groups excluding carboxylic acids is 1. The van der Waals surface area contributed by atoms with Crippen molar-refractivity contribution >= 4 is 38.7 Å². The zero-order valence-electron chi connectivity index (χ0n) is 17.0. The van der Waals surface area contributed by atoms with Crippen LogP contribution in [0.25, 0.3) is 26.3 Å². The Bertz CT molecular complexity index is 1420. The van der Waals surface area contributed by atoms with E-state index in [9.17, 15) is 4.79 Å². The quantitative estimate of drug-likeness (QED) is 0.433. The smallest absolute Gasteiger partial charge is 0.256 e. The number of hydrogen-bond acceptors (Lipinski definition) is 6. The summed E-state index contributed by atoms with van der Waals surface area (Å²) in [5.41, 5.74) is 2.06. The molecule has 5 rings (SSSR count). The molecule has 0 saturated carbocycles. The summed E-state index contributed by atoms with van der Waals surface area (Å²) in [5.74, 6) is 1.20. The third-order valence-electron chi connectivity index (χ3n) is 5.10. The van der Waals surface area contributed by atoms with E-state index in [1.165, 1.54) is 11.3 Å². The Labute approximate surface area is 182 Å². The molecule has 5 aromatic rings. The van der Waals surface area contributed by atoms with E-state index in [2.05, 4.69) is 20.6 Å². The number of benzene rings is 3. The number of rotatable bonds is 5. The lowest BCUT2D eigenvalue weighted by Crippen LogP contribution is -2.13. The van der Waals surface area contributed by atoms with Crippen LogP contribution in [0.3, 0.4) is 0 Å². The molecule has 0 unspecified atom stereocenters. The fraction of sp³-hybridized carbons (Fsp3) is 0.130. The topological polar surface area (TPSA) is 81.4 Å². The van der Waals surface area contributed by atoms with E-state index < -0.39 is 0 Å². The number of anilines is 1. The third-order valence-corrected chi connectivity index (χ3v) is 6.05. The number of nitrogens with one attached hydrogen (secondary N) is 1. The molecule has 1 amide bonds. The van der Waals surface area contributed by atoms with Crippen LogP contribution in [0.4, 0.5) is 5.69 Å². The summed E-state index contributed by atoms with van der Waals surface area (Å²) in [6.45, 7) is 2.02. The van der Waals surface area contributed by atoms with Crippen LogP contribution >= 0.6 is 11.3 Å². The van der Waals surface area contributed by atoms with Crippen LogP contribution in [0.5, 0.6) is 5.75 Å². The highest BCUT2D eigenvalue weighted by molar-refractivity contribution is 7.19. The lowest BCUT2D eigenvalue weighted by molar-refractivity contribution is 0.102. The molecule has 2 aromatic heterocycles. The van der Waals surface area contributed by atoms with Crippen molar-refractivity contribution in [3.05, 3.63) is 72.1 Å². The number of fused-ring (bicyclic) bond motifs is 2. The molecule has 0 atom stereocenters. The Kier molecular flexibility index (Phi) is 4.83. The van der Waals surface area contributed by atoms with Crippen molar-refractivity contribution in [3.8, 4) is 16.3 Å². The third kappa shape index (κ3) is 3.40. The maximum absolute atomic E-state index is 13.1. The summed E-state index contributed by atoms with van der Waals surface area (Å²) in [4.78, 5) is 13.9. The molecule has 7 nitrogen and oxygen atoms in total. The molecule has 0 fully saturated rings. The van der Waals surface area contributed by atoms with E-state index in [0.717, 1.165) is 38.5 Å². The highest BCUT2D eigenvalue weighted by Crippen LogP contribution is 2.33. The number of methoxy groups -OCH3 is 1. The number of nitrogens with zero attached hydrogens (tertiary/aromatic N) is 4. The van der Waals surface area contributed by atoms with Crippen molar-refractivity contribution in [3.63, 3.8) is 0 Å². The highest BCUT2D eigenvalue weighted by Gasteiger charge is 2.16. The average Bonchev–Trinajstić information content (AvgIpc) is 3.39. The molecule has 0 aliphatic rings. The van der Waals surface area contributed by atoms with Gasteiger partial charge in [-0.2, -0.15) is 9.61 Å². The van der Waals surface area contributed by atoms with Crippen molar-refractivity contribution in [1.29, 1.82) is 0 Å². The van der Waals surface area contributed by atoms with Crippen LogP contribution in [0.1, 0.15) is 23.1 Å². The number of aromatic nitrogens is 4. The van der Waals surface area contributed by atoms with Crippen LogP contribution < -0.4 is 10.1 Å². The van der Waals surface area contributed by atoms with Gasteiger partial charge in [0.15, 0.2) is 5.82 Å². The number of amides is 1. The normalized spacial score (nSPS) is 11.2. The summed E-state index contributed by atoms with van der Waals surface area (Å²) in [7, 11) is 1.58. The van der Waals surface area contributed by atoms with Gasteiger partial charge in [0.25, 0.3) is 5.91 Å². The minimum atomic E-state index is -0.196. The molecule has 8 heteroatoms. The van der Waals surface area contributed by atoms with Gasteiger partial charge in [-0.15, -0.1) is 10.2 Å². The predicted molar refractivity (Wildman–Crippen MR) is 122 cm³/mol. The Morgan fingerprint density at radius 1 is 1.10 bits per heavy atom. The van der Waals surface area contributed by atoms with E-state index in [4.69, 9.17) is 4.74 Å². The van der Waals surface area contributed by atoms with E-state index in [-0.39, 0.29) is 5.91 Å². The SMILES string of the molecule is CCc1nnc2sc(-c3ccc(OC)c(NC(=O)c4cccc5ccccc45)c3)nn12. The summed E-state index contributed by atoms with van der Waals surface area (Å²) >= 11 is 1.45. The van der Waals surface area contributed by atoms with Crippen LogP contribution in [0.2, 0.25) is 0 Å². The summed E-state index contributed by atoms with van der Waals surface area (Å²) in [6.07, 6.45) is 0.749. The molecule has 0 saturated heterocycles. The first-order valence-electron chi connectivity index (χ1n) is 9.86. The van der Waals surface area contributed by atoms with Gasteiger partial charge >= 0.3 is 0 Å². The number of aryl methyl sites for hydroxylation is 1. The van der Waals surface area contributed by atoms with Gasteiger partial charge in [-0.3, -0.25) is 4.79 Å². The molecule has 1 N–H and O–H groups in total. The Morgan fingerprint density at radius 2 is 1.94 bits per heavy atom. The van der Waals surface area contributed by atoms with Crippen molar-refractivity contribution in [2.24, 2.45) is 0 Å². The zero-order valence-corrected chi connectivity index (χ0v) is 17.8. The highest BCUT2D eigenvalue weighted by atomic mass is 32.1. The molecular formula is C23H19N5O2S. The molecule has 3 aromatic carbocycles. The molecular weight excluding hydrogens is 410 g/mol. The summed E-state index contributed by atoms with van der Waals surface area (Å²) < 4.78 is 7.24. The predicted octanol–water partition coefficient (Wildman–Crippen LogP) is 4.83. The lowest BCUT2D eigenvalue weighted by Gasteiger charge is -2.12. The first-order valence-corrected chi connectivity index (χ1v) is 10.7. The Hall–Kier alpha value is -3.78. The number of carbonyl (C=O) groups is 1. The number of ether oxygens (including phenoxy) is 1. The van der Waals surface area contributed by atoms with E-state index >= 15 is 0 Å². The molecule has 0 aliphatic carbocycles. The first-order chi connectivity index (χ1) is 15.2. The summed E-state index contributed by atoms with van der Waals surface area (Å²) in [5, 5.41) is 18.7. The minimum absolute atomic E-state index is 0.196. The van der Waals surface area contributed by atoms with E-state index in [1.807, 2.05) is 67.6 Å². The molecule has 31 heavy (non-hydrogen) atoms. The van der Waals surface area contributed by atoms with Crippen molar-refractivity contribution in [2.45, 2.75) is 13.3 Å². The Balaban J connectivity index is 1.52. The largest absolute Gasteiger partial charge is 0.495 e. The second kappa shape index (κ2) is 7.81. The molecule has 0 spiro atoms. The molecule has 154 valence electrons. The van der Waals surface area contributed by atoms with Crippen LogP contribution in [-0.2, 0) is 6.42 Å².